The summed E-state index contributed by atoms with van der Waals surface area (Å²) in [5.41, 5.74) is 1.48. The van der Waals surface area contributed by atoms with Crippen LogP contribution < -0.4 is 4.90 Å². The molecule has 2 aromatic carbocycles. The van der Waals surface area contributed by atoms with Gasteiger partial charge in [-0.2, -0.15) is 0 Å². The molecule has 0 bridgehead atoms. The lowest BCUT2D eigenvalue weighted by atomic mass is 10.1. The summed E-state index contributed by atoms with van der Waals surface area (Å²) in [5, 5.41) is 0. The number of nitrogens with zero attached hydrogens (tertiary/aromatic N) is 1. The molecule has 0 radical (unpaired) electrons. The third-order valence-corrected chi connectivity index (χ3v) is 4.02. The molecule has 4 nitrogen and oxygen atoms in total. The molecule has 0 N–H and O–H groups in total. The molecule has 0 atom stereocenters. The van der Waals surface area contributed by atoms with Gasteiger partial charge in [-0.05, 0) is 46.9 Å². The normalized spacial score (nSPS) is 10.0. The van der Waals surface area contributed by atoms with E-state index in [2.05, 4.69) is 22.6 Å². The molecule has 0 aromatic heterocycles. The van der Waals surface area contributed by atoms with Gasteiger partial charge in [0.25, 0.3) is 5.91 Å². The molecule has 21 heavy (non-hydrogen) atoms. The fourth-order valence-electron chi connectivity index (χ4n) is 1.97. The van der Waals surface area contributed by atoms with Gasteiger partial charge >= 0.3 is 5.97 Å². The second kappa shape index (κ2) is 6.71. The van der Waals surface area contributed by atoms with Crippen LogP contribution in [-0.4, -0.2) is 26.0 Å². The largest absolute Gasteiger partial charge is 0.465 e. The molecule has 108 valence electrons. The molecule has 0 spiro atoms. The summed E-state index contributed by atoms with van der Waals surface area (Å²) in [6, 6.07) is 14.2. The van der Waals surface area contributed by atoms with Crippen molar-refractivity contribution < 1.29 is 14.3 Å². The number of methoxy groups -OCH3 is 1. The van der Waals surface area contributed by atoms with Gasteiger partial charge in [-0.15, -0.1) is 0 Å². The van der Waals surface area contributed by atoms with Crippen molar-refractivity contribution >= 4 is 40.2 Å². The number of anilines is 1. The van der Waals surface area contributed by atoms with Crippen molar-refractivity contribution in [3.8, 4) is 0 Å². The molecule has 0 saturated heterocycles. The summed E-state index contributed by atoms with van der Waals surface area (Å²) in [6.07, 6.45) is 0. The molecule has 1 amide bonds. The van der Waals surface area contributed by atoms with E-state index in [1.165, 1.54) is 12.0 Å². The van der Waals surface area contributed by atoms with Crippen LogP contribution in [0, 0.1) is 3.57 Å². The highest BCUT2D eigenvalue weighted by molar-refractivity contribution is 14.1. The van der Waals surface area contributed by atoms with E-state index in [-0.39, 0.29) is 5.91 Å². The predicted octanol–water partition coefficient (Wildman–Crippen LogP) is 3.35. The van der Waals surface area contributed by atoms with E-state index < -0.39 is 5.97 Å². The topological polar surface area (TPSA) is 46.6 Å². The van der Waals surface area contributed by atoms with Gasteiger partial charge in [-0.25, -0.2) is 4.79 Å². The lowest BCUT2D eigenvalue weighted by Gasteiger charge is -2.20. The predicted molar refractivity (Wildman–Crippen MR) is 89.7 cm³/mol. The first-order valence-corrected chi connectivity index (χ1v) is 7.34. The van der Waals surface area contributed by atoms with Crippen molar-refractivity contribution in [2.24, 2.45) is 0 Å². The number of halogens is 1. The van der Waals surface area contributed by atoms with Crippen molar-refractivity contribution in [1.82, 2.24) is 0 Å². The SMILES string of the molecule is COC(=O)c1ccccc1N(C)C(=O)c1ccccc1I. The molecule has 0 aliphatic heterocycles. The van der Waals surface area contributed by atoms with Gasteiger partial charge in [-0.1, -0.05) is 24.3 Å². The summed E-state index contributed by atoms with van der Waals surface area (Å²) in [6.45, 7) is 0. The first-order chi connectivity index (χ1) is 10.1. The van der Waals surface area contributed by atoms with Crippen LogP contribution in [0.25, 0.3) is 0 Å². The molecule has 0 saturated carbocycles. The molecular formula is C16H14INO3. The number of esters is 1. The number of hydrogen-bond acceptors (Lipinski definition) is 3. The Morgan fingerprint density at radius 2 is 1.57 bits per heavy atom. The van der Waals surface area contributed by atoms with E-state index in [4.69, 9.17) is 4.74 Å². The van der Waals surface area contributed by atoms with E-state index in [0.29, 0.717) is 16.8 Å². The van der Waals surface area contributed by atoms with Crippen LogP contribution in [0.1, 0.15) is 20.7 Å². The average Bonchev–Trinajstić information content (AvgIpc) is 2.53. The summed E-state index contributed by atoms with van der Waals surface area (Å²) in [4.78, 5) is 25.9. The number of rotatable bonds is 3. The lowest BCUT2D eigenvalue weighted by molar-refractivity contribution is 0.0601. The molecule has 0 fully saturated rings. The molecule has 0 aliphatic carbocycles. The Hall–Kier alpha value is -1.89. The quantitative estimate of drug-likeness (QED) is 0.592. The molecule has 2 rings (SSSR count). The minimum absolute atomic E-state index is 0.170. The molecule has 5 heteroatoms. The maximum Gasteiger partial charge on any atom is 0.339 e. The van der Waals surface area contributed by atoms with Crippen molar-refractivity contribution in [3.63, 3.8) is 0 Å². The summed E-state index contributed by atoms with van der Waals surface area (Å²) in [7, 11) is 2.97. The number of carbonyl (C=O) groups excluding carboxylic acids is 2. The molecule has 2 aromatic rings. The minimum Gasteiger partial charge on any atom is -0.465 e. The maximum atomic E-state index is 12.6. The second-order valence-corrected chi connectivity index (χ2v) is 5.51. The highest BCUT2D eigenvalue weighted by Crippen LogP contribution is 2.23. The van der Waals surface area contributed by atoms with Crippen LogP contribution in [0.4, 0.5) is 5.69 Å². The average molecular weight is 395 g/mol. The van der Waals surface area contributed by atoms with Crippen LogP contribution in [0.2, 0.25) is 0 Å². The monoisotopic (exact) mass is 395 g/mol. The fourth-order valence-corrected chi connectivity index (χ4v) is 2.59. The molecule has 0 unspecified atom stereocenters. The standard InChI is InChI=1S/C16H14INO3/c1-18(15(19)11-7-3-5-9-13(11)17)14-10-6-4-8-12(14)16(20)21-2/h3-10H,1-2H3. The lowest BCUT2D eigenvalue weighted by Crippen LogP contribution is -2.28. The summed E-state index contributed by atoms with van der Waals surface area (Å²) >= 11 is 2.12. The van der Waals surface area contributed by atoms with Crippen molar-refractivity contribution in [1.29, 1.82) is 0 Å². The van der Waals surface area contributed by atoms with Gasteiger partial charge < -0.3 is 9.64 Å². The number of para-hydroxylation sites is 1. The van der Waals surface area contributed by atoms with Gasteiger partial charge in [0.2, 0.25) is 0 Å². The fraction of sp³-hybridized carbons (Fsp3) is 0.125. The van der Waals surface area contributed by atoms with Crippen LogP contribution in [0.5, 0.6) is 0 Å². The Kier molecular flexibility index (Phi) is 4.95. The van der Waals surface area contributed by atoms with Crippen molar-refractivity contribution in [3.05, 3.63) is 63.2 Å². The van der Waals surface area contributed by atoms with E-state index in [9.17, 15) is 9.59 Å². The zero-order chi connectivity index (χ0) is 15.4. The third kappa shape index (κ3) is 3.24. The highest BCUT2D eigenvalue weighted by Gasteiger charge is 2.21. The van der Waals surface area contributed by atoms with Crippen LogP contribution >= 0.6 is 22.6 Å². The Balaban J connectivity index is 2.41. The molecular weight excluding hydrogens is 381 g/mol. The molecule has 0 aliphatic rings. The van der Waals surface area contributed by atoms with E-state index in [1.54, 1.807) is 37.4 Å². The molecule has 0 heterocycles. The Morgan fingerprint density at radius 1 is 1.00 bits per heavy atom. The Morgan fingerprint density at radius 3 is 2.19 bits per heavy atom. The third-order valence-electron chi connectivity index (χ3n) is 3.08. The second-order valence-electron chi connectivity index (χ2n) is 4.35. The van der Waals surface area contributed by atoms with Crippen molar-refractivity contribution in [2.45, 2.75) is 0 Å². The highest BCUT2D eigenvalue weighted by atomic mass is 127. The van der Waals surface area contributed by atoms with Crippen LogP contribution in [-0.2, 0) is 4.74 Å². The number of amides is 1. The zero-order valence-corrected chi connectivity index (χ0v) is 13.8. The summed E-state index contributed by atoms with van der Waals surface area (Å²) in [5.74, 6) is -0.635. The Bertz CT molecular complexity index is 685. The van der Waals surface area contributed by atoms with E-state index in [0.717, 1.165) is 3.57 Å². The van der Waals surface area contributed by atoms with E-state index in [1.807, 2.05) is 18.2 Å². The first kappa shape index (κ1) is 15.5. The van der Waals surface area contributed by atoms with Gasteiger partial charge in [0.1, 0.15) is 0 Å². The van der Waals surface area contributed by atoms with Crippen LogP contribution in [0.3, 0.4) is 0 Å². The van der Waals surface area contributed by atoms with Crippen molar-refractivity contribution in [2.75, 3.05) is 19.1 Å². The number of hydrogen-bond donors (Lipinski definition) is 0. The smallest absolute Gasteiger partial charge is 0.339 e. The zero-order valence-electron chi connectivity index (χ0n) is 11.7. The van der Waals surface area contributed by atoms with Gasteiger partial charge in [0, 0.05) is 10.6 Å². The number of ether oxygens (including phenoxy) is 1. The van der Waals surface area contributed by atoms with Gasteiger partial charge in [0.15, 0.2) is 0 Å². The van der Waals surface area contributed by atoms with Gasteiger partial charge in [0.05, 0.1) is 23.9 Å². The maximum absolute atomic E-state index is 12.6. The Labute approximate surface area is 136 Å². The number of benzene rings is 2. The number of carbonyl (C=O) groups is 2. The first-order valence-electron chi connectivity index (χ1n) is 6.26. The van der Waals surface area contributed by atoms with E-state index >= 15 is 0 Å². The summed E-state index contributed by atoms with van der Waals surface area (Å²) < 4.78 is 5.62. The van der Waals surface area contributed by atoms with Crippen LogP contribution in [0.15, 0.2) is 48.5 Å². The van der Waals surface area contributed by atoms with Gasteiger partial charge in [-0.3, -0.25) is 4.79 Å². The minimum atomic E-state index is -0.465.